The number of benzene rings is 1. The van der Waals surface area contributed by atoms with Crippen molar-refractivity contribution in [2.24, 2.45) is 0 Å². The van der Waals surface area contributed by atoms with Gasteiger partial charge in [-0.3, -0.25) is 0 Å². The zero-order chi connectivity index (χ0) is 13.5. The molecular weight excluding hydrogens is 269 g/mol. The summed E-state index contributed by atoms with van der Waals surface area (Å²) in [5.74, 6) is -4.50. The van der Waals surface area contributed by atoms with Gasteiger partial charge in [0.15, 0.2) is 5.69 Å². The molecule has 0 unspecified atom stereocenters. The molecule has 0 spiro atoms. The molecule has 0 aliphatic rings. The van der Waals surface area contributed by atoms with Crippen LogP contribution in [0.5, 0.6) is 0 Å². The van der Waals surface area contributed by atoms with Crippen molar-refractivity contribution in [1.82, 2.24) is 5.16 Å². The summed E-state index contributed by atoms with van der Waals surface area (Å²) in [7, 11) is 0. The van der Waals surface area contributed by atoms with Gasteiger partial charge in [-0.15, -0.1) is 0 Å². The monoisotopic (exact) mass is 276 g/mol. The Morgan fingerprint density at radius 2 is 2.00 bits per heavy atom. The average Bonchev–Trinajstić information content (AvgIpc) is 2.60. The summed E-state index contributed by atoms with van der Waals surface area (Å²) < 4.78 is 44.9. The van der Waals surface area contributed by atoms with Crippen molar-refractivity contribution in [3.8, 4) is 11.1 Å². The summed E-state index contributed by atoms with van der Waals surface area (Å²) in [6.45, 7) is 0.614. The van der Waals surface area contributed by atoms with Crippen LogP contribution < -0.4 is 5.73 Å². The zero-order valence-corrected chi connectivity index (χ0v) is 9.93. The molecule has 0 aliphatic heterocycles. The van der Waals surface area contributed by atoms with E-state index in [0.29, 0.717) is 6.92 Å². The van der Waals surface area contributed by atoms with Crippen molar-refractivity contribution in [2.75, 3.05) is 5.73 Å². The molecule has 7 heteroatoms. The molecule has 1 aromatic heterocycles. The standard InChI is InChI=1S/C11H8ClF3N2O/c1-11(14,15)9-8(10(16)18-17-9)7-5(12)3-2-4-6(7)13/h2-4H,16H2,1H3. The third-order valence-electron chi connectivity index (χ3n) is 2.35. The number of nitrogens with zero attached hydrogens (tertiary/aromatic N) is 1. The number of hydrogen-bond donors (Lipinski definition) is 1. The van der Waals surface area contributed by atoms with Gasteiger partial charge in [0.25, 0.3) is 5.92 Å². The first-order valence-corrected chi connectivity index (χ1v) is 5.28. The van der Waals surface area contributed by atoms with E-state index in [0.717, 1.165) is 6.07 Å². The largest absolute Gasteiger partial charge is 0.367 e. The van der Waals surface area contributed by atoms with Crippen molar-refractivity contribution in [3.63, 3.8) is 0 Å². The third kappa shape index (κ3) is 2.03. The molecule has 0 bridgehead atoms. The summed E-state index contributed by atoms with van der Waals surface area (Å²) in [4.78, 5) is 0. The number of anilines is 1. The van der Waals surface area contributed by atoms with Crippen LogP contribution in [0.1, 0.15) is 12.6 Å². The predicted octanol–water partition coefficient (Wildman–Crippen LogP) is 3.83. The van der Waals surface area contributed by atoms with Crippen LogP contribution >= 0.6 is 11.6 Å². The summed E-state index contributed by atoms with van der Waals surface area (Å²) in [5.41, 5.74) is 4.12. The molecule has 0 amide bonds. The molecule has 18 heavy (non-hydrogen) atoms. The van der Waals surface area contributed by atoms with Crippen molar-refractivity contribution >= 4 is 17.5 Å². The lowest BCUT2D eigenvalue weighted by Crippen LogP contribution is -2.10. The minimum absolute atomic E-state index is 0.0459. The van der Waals surface area contributed by atoms with Gasteiger partial charge in [0.1, 0.15) is 5.82 Å². The van der Waals surface area contributed by atoms with Gasteiger partial charge in [0.05, 0.1) is 10.6 Å². The number of nitrogen functional groups attached to an aromatic ring is 1. The summed E-state index contributed by atoms with van der Waals surface area (Å²) in [6, 6.07) is 3.81. The fourth-order valence-electron chi connectivity index (χ4n) is 1.58. The van der Waals surface area contributed by atoms with Crippen LogP contribution in [0, 0.1) is 5.82 Å². The second-order valence-corrected chi connectivity index (χ2v) is 4.16. The van der Waals surface area contributed by atoms with Crippen LogP contribution in [0.2, 0.25) is 5.02 Å². The summed E-state index contributed by atoms with van der Waals surface area (Å²) >= 11 is 5.81. The lowest BCUT2D eigenvalue weighted by Gasteiger charge is -2.10. The molecule has 0 atom stereocenters. The van der Waals surface area contributed by atoms with Gasteiger partial charge >= 0.3 is 0 Å². The van der Waals surface area contributed by atoms with E-state index < -0.39 is 23.3 Å². The lowest BCUT2D eigenvalue weighted by molar-refractivity contribution is 0.0103. The van der Waals surface area contributed by atoms with Gasteiger partial charge < -0.3 is 10.3 Å². The highest BCUT2D eigenvalue weighted by Gasteiger charge is 2.35. The molecule has 0 saturated carbocycles. The van der Waals surface area contributed by atoms with Gasteiger partial charge in [-0.25, -0.2) is 4.39 Å². The summed E-state index contributed by atoms with van der Waals surface area (Å²) in [5, 5.41) is 3.12. The first kappa shape index (κ1) is 12.8. The van der Waals surface area contributed by atoms with Crippen LogP contribution in [0.15, 0.2) is 22.7 Å². The highest BCUT2D eigenvalue weighted by atomic mass is 35.5. The fraction of sp³-hybridized carbons (Fsp3) is 0.182. The average molecular weight is 277 g/mol. The van der Waals surface area contributed by atoms with Crippen LogP contribution in [-0.4, -0.2) is 5.16 Å². The first-order valence-electron chi connectivity index (χ1n) is 4.90. The van der Waals surface area contributed by atoms with E-state index in [4.69, 9.17) is 17.3 Å². The Labute approximate surface area is 105 Å². The van der Waals surface area contributed by atoms with E-state index in [-0.39, 0.29) is 16.1 Å². The normalized spacial score (nSPS) is 11.8. The van der Waals surface area contributed by atoms with Crippen LogP contribution in [0.4, 0.5) is 19.1 Å². The van der Waals surface area contributed by atoms with Crippen LogP contribution in [0.25, 0.3) is 11.1 Å². The maximum absolute atomic E-state index is 13.7. The van der Waals surface area contributed by atoms with Gasteiger partial charge in [0, 0.05) is 12.5 Å². The van der Waals surface area contributed by atoms with Crippen LogP contribution in [0.3, 0.4) is 0 Å². The van der Waals surface area contributed by atoms with E-state index in [1.54, 1.807) is 0 Å². The Hall–Kier alpha value is -1.69. The predicted molar refractivity (Wildman–Crippen MR) is 60.9 cm³/mol. The molecule has 3 nitrogen and oxygen atoms in total. The van der Waals surface area contributed by atoms with E-state index in [9.17, 15) is 13.2 Å². The van der Waals surface area contributed by atoms with Crippen molar-refractivity contribution < 1.29 is 17.7 Å². The molecule has 96 valence electrons. The molecule has 2 N–H and O–H groups in total. The number of alkyl halides is 2. The maximum atomic E-state index is 13.7. The number of rotatable bonds is 2. The lowest BCUT2D eigenvalue weighted by atomic mass is 10.0. The molecule has 0 fully saturated rings. The highest BCUT2D eigenvalue weighted by molar-refractivity contribution is 6.33. The van der Waals surface area contributed by atoms with E-state index in [1.807, 2.05) is 0 Å². The van der Waals surface area contributed by atoms with Gasteiger partial charge in [0.2, 0.25) is 5.88 Å². The van der Waals surface area contributed by atoms with Crippen LogP contribution in [-0.2, 0) is 5.92 Å². The van der Waals surface area contributed by atoms with E-state index >= 15 is 0 Å². The number of aromatic nitrogens is 1. The quantitative estimate of drug-likeness (QED) is 0.907. The second kappa shape index (κ2) is 4.20. The second-order valence-electron chi connectivity index (χ2n) is 3.76. The molecule has 2 aromatic rings. The summed E-state index contributed by atoms with van der Waals surface area (Å²) in [6.07, 6.45) is 0. The SMILES string of the molecule is CC(F)(F)c1noc(N)c1-c1c(F)cccc1Cl. The smallest absolute Gasteiger partial charge is 0.291 e. The minimum atomic E-state index is -3.32. The number of halogens is 4. The van der Waals surface area contributed by atoms with Gasteiger partial charge in [-0.05, 0) is 12.1 Å². The third-order valence-corrected chi connectivity index (χ3v) is 2.66. The van der Waals surface area contributed by atoms with Crippen molar-refractivity contribution in [1.29, 1.82) is 0 Å². The molecule has 0 saturated heterocycles. The molecule has 2 rings (SSSR count). The fourth-order valence-corrected chi connectivity index (χ4v) is 1.84. The molecule has 1 aromatic carbocycles. The number of hydrogen-bond acceptors (Lipinski definition) is 3. The van der Waals surface area contributed by atoms with E-state index in [1.165, 1.54) is 12.1 Å². The van der Waals surface area contributed by atoms with Gasteiger partial charge in [-0.2, -0.15) is 8.78 Å². The van der Waals surface area contributed by atoms with Gasteiger partial charge in [-0.1, -0.05) is 22.8 Å². The molecule has 0 radical (unpaired) electrons. The Morgan fingerprint density at radius 3 is 2.56 bits per heavy atom. The first-order chi connectivity index (χ1) is 8.32. The highest BCUT2D eigenvalue weighted by Crippen LogP contribution is 2.42. The zero-order valence-electron chi connectivity index (χ0n) is 9.18. The molecular formula is C11H8ClF3N2O. The Kier molecular flexibility index (Phi) is 2.98. The Morgan fingerprint density at radius 1 is 1.33 bits per heavy atom. The number of nitrogens with two attached hydrogens (primary N) is 1. The van der Waals surface area contributed by atoms with Crippen molar-refractivity contribution in [3.05, 3.63) is 34.7 Å². The van der Waals surface area contributed by atoms with Crippen molar-refractivity contribution in [2.45, 2.75) is 12.8 Å². The maximum Gasteiger partial charge on any atom is 0.291 e. The Balaban J connectivity index is 2.76. The minimum Gasteiger partial charge on any atom is -0.367 e. The molecule has 1 heterocycles. The topological polar surface area (TPSA) is 52.0 Å². The Bertz CT molecular complexity index is 572. The van der Waals surface area contributed by atoms with E-state index in [2.05, 4.69) is 9.68 Å². The molecule has 0 aliphatic carbocycles.